The number of benzene rings is 10. The highest BCUT2D eigenvalue weighted by Crippen LogP contribution is 2.48. The average molecular weight is 735 g/mol. The van der Waals surface area contributed by atoms with E-state index in [4.69, 9.17) is 0 Å². The Hall–Kier alpha value is -7.68. The maximum Gasteiger partial charge on any atom is 0.0619 e. The predicted octanol–water partition coefficient (Wildman–Crippen LogP) is 15.2. The van der Waals surface area contributed by atoms with Gasteiger partial charge in [-0.2, -0.15) is 0 Å². The molecule has 0 N–H and O–H groups in total. The summed E-state index contributed by atoms with van der Waals surface area (Å²) in [6.07, 6.45) is 0. The van der Waals surface area contributed by atoms with E-state index < -0.39 is 0 Å². The number of fused-ring (bicyclic) bond motifs is 11. The van der Waals surface area contributed by atoms with Gasteiger partial charge in [-0.15, -0.1) is 0 Å². The van der Waals surface area contributed by atoms with Crippen LogP contribution in [0.1, 0.15) is 0 Å². The van der Waals surface area contributed by atoms with Gasteiger partial charge in [-0.3, -0.25) is 0 Å². The summed E-state index contributed by atoms with van der Waals surface area (Å²) in [5.41, 5.74) is 17.3. The van der Waals surface area contributed by atoms with E-state index in [1.807, 2.05) is 0 Å². The largest absolute Gasteiger partial charge is 0.309 e. The third kappa shape index (κ3) is 4.43. The van der Waals surface area contributed by atoms with Crippen molar-refractivity contribution >= 4 is 65.2 Å². The molecule has 2 nitrogen and oxygen atoms in total. The van der Waals surface area contributed by atoms with Crippen molar-refractivity contribution in [3.63, 3.8) is 0 Å². The van der Waals surface area contributed by atoms with E-state index in [9.17, 15) is 0 Å². The van der Waals surface area contributed by atoms with Gasteiger partial charge >= 0.3 is 0 Å². The van der Waals surface area contributed by atoms with Crippen LogP contribution in [0.2, 0.25) is 0 Å². The maximum atomic E-state index is 2.45. The first-order valence-electron chi connectivity index (χ1n) is 20.1. The Morgan fingerprint density at radius 2 is 0.879 bits per heavy atom. The Kier molecular flexibility index (Phi) is 6.47. The molecule has 12 aromatic rings. The summed E-state index contributed by atoms with van der Waals surface area (Å²) in [5.74, 6) is 0. The van der Waals surface area contributed by atoms with Crippen LogP contribution >= 0.6 is 0 Å². The smallest absolute Gasteiger partial charge is 0.0619 e. The summed E-state index contributed by atoms with van der Waals surface area (Å²) < 4.78 is 4.89. The molecule has 10 aromatic carbocycles. The summed E-state index contributed by atoms with van der Waals surface area (Å²) in [7, 11) is 0. The number of rotatable bonds is 4. The highest BCUT2D eigenvalue weighted by molar-refractivity contribution is 6.20. The van der Waals surface area contributed by atoms with Gasteiger partial charge in [0.15, 0.2) is 0 Å². The number of aromatic nitrogens is 2. The molecule has 2 aromatic heterocycles. The monoisotopic (exact) mass is 734 g/mol. The van der Waals surface area contributed by atoms with Crippen LogP contribution in [0.25, 0.3) is 121 Å². The number of para-hydroxylation sites is 2. The van der Waals surface area contributed by atoms with Gasteiger partial charge in [0, 0.05) is 38.3 Å². The van der Waals surface area contributed by atoms with Crippen LogP contribution in [0.5, 0.6) is 0 Å². The molecule has 0 bridgehead atoms. The van der Waals surface area contributed by atoms with Crippen molar-refractivity contribution in [2.45, 2.75) is 0 Å². The van der Waals surface area contributed by atoms with Crippen molar-refractivity contribution in [2.24, 2.45) is 0 Å². The van der Waals surface area contributed by atoms with Gasteiger partial charge in [0.1, 0.15) is 0 Å². The molecule has 0 spiro atoms. The second-order valence-electron chi connectivity index (χ2n) is 15.7. The molecule has 1 aliphatic carbocycles. The van der Waals surface area contributed by atoms with E-state index in [2.05, 4.69) is 215 Å². The summed E-state index contributed by atoms with van der Waals surface area (Å²) in [5, 5.41) is 10.2. The van der Waals surface area contributed by atoms with E-state index >= 15 is 0 Å². The van der Waals surface area contributed by atoms with Crippen molar-refractivity contribution in [3.05, 3.63) is 206 Å². The minimum Gasteiger partial charge on any atom is -0.309 e. The normalized spacial score (nSPS) is 12.1. The minimum atomic E-state index is 1.15. The van der Waals surface area contributed by atoms with Crippen molar-refractivity contribution in [3.8, 4) is 55.9 Å². The Bertz CT molecular complexity index is 3670. The molecule has 13 rings (SSSR count). The Morgan fingerprint density at radius 3 is 1.78 bits per heavy atom. The summed E-state index contributed by atoms with van der Waals surface area (Å²) in [4.78, 5) is 0. The first-order chi connectivity index (χ1) is 28.8. The molecule has 0 atom stereocenters. The standard InChI is InChI=1S/C56H34N2/c1-2-15-41(16-3-1)58-53-30-26-39(33-51(53)49-29-23-35-11-4-5-18-43(35)56(49)58)40-25-28-46-45-19-6-7-22-52(45)57(54(46)34-40)42-17-8-14-37(31-42)38-24-27-44-47-20-9-12-36-13-10-21-48(55(36)47)50(44)32-38/h1-34H. The molecule has 0 saturated carbocycles. The van der Waals surface area contributed by atoms with Crippen molar-refractivity contribution in [1.82, 2.24) is 9.13 Å². The molecule has 268 valence electrons. The molecule has 0 unspecified atom stereocenters. The summed E-state index contributed by atoms with van der Waals surface area (Å²) in [6, 6.07) is 76.3. The second-order valence-corrected chi connectivity index (χ2v) is 15.7. The van der Waals surface area contributed by atoms with Crippen LogP contribution in [0.15, 0.2) is 206 Å². The third-order valence-electron chi connectivity index (χ3n) is 12.6. The quantitative estimate of drug-likeness (QED) is 0.170. The highest BCUT2D eigenvalue weighted by atomic mass is 15.0. The zero-order valence-corrected chi connectivity index (χ0v) is 31.5. The molecule has 0 amide bonds. The van der Waals surface area contributed by atoms with Crippen molar-refractivity contribution < 1.29 is 0 Å². The third-order valence-corrected chi connectivity index (χ3v) is 12.6. The molecule has 0 aliphatic heterocycles. The maximum absolute atomic E-state index is 2.45. The Morgan fingerprint density at radius 1 is 0.259 bits per heavy atom. The predicted molar refractivity (Wildman–Crippen MR) is 245 cm³/mol. The Balaban J connectivity index is 0.978. The molecule has 58 heavy (non-hydrogen) atoms. The lowest BCUT2D eigenvalue weighted by atomic mass is 9.97. The molecule has 0 fully saturated rings. The van der Waals surface area contributed by atoms with Gasteiger partial charge in [-0.25, -0.2) is 0 Å². The van der Waals surface area contributed by atoms with Gasteiger partial charge in [-0.05, 0) is 115 Å². The SMILES string of the molecule is c1ccc(-n2c3ccc(-c4ccc5c6ccccc6n(-c6cccc(-c7ccc8c(c7)-c7cccc9cccc-8c79)c6)c5c4)cc3c3ccc4ccccc4c32)cc1. The fraction of sp³-hybridized carbons (Fsp3) is 0. The van der Waals surface area contributed by atoms with Crippen LogP contribution in [0, 0.1) is 0 Å². The average Bonchev–Trinajstić information content (AvgIpc) is 3.93. The molecule has 0 saturated heterocycles. The van der Waals surface area contributed by atoms with E-state index in [1.54, 1.807) is 0 Å². The van der Waals surface area contributed by atoms with Crippen LogP contribution < -0.4 is 0 Å². The van der Waals surface area contributed by atoms with Gasteiger partial charge in [0.05, 0.1) is 22.1 Å². The molecule has 2 heterocycles. The number of hydrogen-bond acceptors (Lipinski definition) is 0. The lowest BCUT2D eigenvalue weighted by Crippen LogP contribution is -1.95. The van der Waals surface area contributed by atoms with Crippen LogP contribution in [0.3, 0.4) is 0 Å². The zero-order chi connectivity index (χ0) is 37.9. The summed E-state index contributed by atoms with van der Waals surface area (Å²) >= 11 is 0. The topological polar surface area (TPSA) is 9.86 Å². The zero-order valence-electron chi connectivity index (χ0n) is 31.5. The molecule has 0 radical (unpaired) electrons. The molecular formula is C56H34N2. The van der Waals surface area contributed by atoms with Crippen molar-refractivity contribution in [1.29, 1.82) is 0 Å². The van der Waals surface area contributed by atoms with E-state index in [-0.39, 0.29) is 0 Å². The minimum absolute atomic E-state index is 1.15. The first-order valence-corrected chi connectivity index (χ1v) is 20.1. The molecule has 1 aliphatic rings. The fourth-order valence-corrected chi connectivity index (χ4v) is 10.0. The highest BCUT2D eigenvalue weighted by Gasteiger charge is 2.22. The lowest BCUT2D eigenvalue weighted by molar-refractivity contribution is 1.18. The van der Waals surface area contributed by atoms with E-state index in [0.717, 1.165) is 5.69 Å². The number of hydrogen-bond donors (Lipinski definition) is 0. The lowest BCUT2D eigenvalue weighted by Gasteiger charge is -2.12. The fourth-order valence-electron chi connectivity index (χ4n) is 10.0. The van der Waals surface area contributed by atoms with Crippen molar-refractivity contribution in [2.75, 3.05) is 0 Å². The van der Waals surface area contributed by atoms with Gasteiger partial charge in [0.2, 0.25) is 0 Å². The van der Waals surface area contributed by atoms with Crippen LogP contribution in [-0.4, -0.2) is 9.13 Å². The van der Waals surface area contributed by atoms with Gasteiger partial charge in [-0.1, -0.05) is 152 Å². The van der Waals surface area contributed by atoms with Crippen LogP contribution in [-0.2, 0) is 0 Å². The van der Waals surface area contributed by atoms with Gasteiger partial charge < -0.3 is 9.13 Å². The molecular weight excluding hydrogens is 701 g/mol. The van der Waals surface area contributed by atoms with Crippen LogP contribution in [0.4, 0.5) is 0 Å². The summed E-state index contributed by atoms with van der Waals surface area (Å²) in [6.45, 7) is 0. The first kappa shape index (κ1) is 31.5. The molecule has 2 heteroatoms. The van der Waals surface area contributed by atoms with E-state index in [1.165, 1.54) is 115 Å². The van der Waals surface area contributed by atoms with Gasteiger partial charge in [0.25, 0.3) is 0 Å². The number of nitrogens with zero attached hydrogens (tertiary/aromatic N) is 2. The Labute approximate surface area is 335 Å². The second kappa shape index (κ2) is 11.9. The van der Waals surface area contributed by atoms with E-state index in [0.29, 0.717) is 0 Å².